The Kier molecular flexibility index (Phi) is 6.22. The van der Waals surface area contributed by atoms with Gasteiger partial charge in [0.15, 0.2) is 0 Å². The van der Waals surface area contributed by atoms with Crippen LogP contribution >= 0.6 is 0 Å². The van der Waals surface area contributed by atoms with Gasteiger partial charge in [0, 0.05) is 43.1 Å². The lowest BCUT2D eigenvalue weighted by atomic mass is 9.42. The number of carbonyl (C=O) groups excluding carboxylic acids is 2. The van der Waals surface area contributed by atoms with Crippen LogP contribution in [0.1, 0.15) is 78.6 Å². The van der Waals surface area contributed by atoms with Crippen molar-refractivity contribution in [2.45, 2.75) is 90.3 Å². The van der Waals surface area contributed by atoms with E-state index >= 15 is 0 Å². The molecule has 0 aromatic carbocycles. The fourth-order valence-electron chi connectivity index (χ4n) is 10.2. The number of hydrogen-bond acceptors (Lipinski definition) is 6. The maximum absolute atomic E-state index is 12.8. The lowest BCUT2D eigenvalue weighted by Crippen LogP contribution is -2.63. The first-order chi connectivity index (χ1) is 17.6. The van der Waals surface area contributed by atoms with Crippen LogP contribution in [0.3, 0.4) is 0 Å². The number of ether oxygens (including phenoxy) is 2. The second-order valence-electron chi connectivity index (χ2n) is 13.9. The summed E-state index contributed by atoms with van der Waals surface area (Å²) in [5.41, 5.74) is -0.859. The number of esters is 1. The Hall–Kier alpha value is -1.60. The van der Waals surface area contributed by atoms with Crippen molar-refractivity contribution in [3.63, 3.8) is 0 Å². The smallest absolute Gasteiger partial charge is 0.410 e. The zero-order valence-electron chi connectivity index (χ0n) is 23.0. The largest absolute Gasteiger partial charge is 0.462 e. The predicted octanol–water partition coefficient (Wildman–Crippen LogP) is 4.29. The summed E-state index contributed by atoms with van der Waals surface area (Å²) in [5.74, 6) is 1.43. The number of amides is 1. The van der Waals surface area contributed by atoms with Gasteiger partial charge in [0.25, 0.3) is 0 Å². The number of fused-ring (bicyclic) bond motifs is 5. The van der Waals surface area contributed by atoms with Gasteiger partial charge in [-0.15, -0.1) is 0 Å². The minimum Gasteiger partial charge on any atom is -0.462 e. The molecule has 6 aliphatic rings. The fourth-order valence-corrected chi connectivity index (χ4v) is 10.2. The van der Waals surface area contributed by atoms with Crippen molar-refractivity contribution in [2.24, 2.45) is 39.9 Å². The minimum absolute atomic E-state index is 0.0190. The maximum Gasteiger partial charge on any atom is 0.410 e. The molecule has 4 saturated carbocycles. The standard InChI is InChI=1S/C30H46N2O5/c1-27(10-9-25(33)36-19-27)24-8-13-30(35)23-5-4-20-18-21(37-26(34)32-16-14-31-15-17-32)6-11-28(20,2)22(23)7-12-29(24,30)3/h9-10,20-24,31,35H,4-8,11-19H2,1-3H3/t20-,21+,22+,23-,24-,27?,28+,29-,30+/m1/s1. The molecule has 2 heterocycles. The third kappa shape index (κ3) is 3.89. The van der Waals surface area contributed by atoms with Gasteiger partial charge in [-0.3, -0.25) is 0 Å². The molecule has 5 fully saturated rings. The van der Waals surface area contributed by atoms with Crippen molar-refractivity contribution < 1.29 is 24.2 Å². The van der Waals surface area contributed by atoms with E-state index in [1.807, 2.05) is 4.90 Å². The highest BCUT2D eigenvalue weighted by molar-refractivity contribution is 5.83. The Bertz CT molecular complexity index is 964. The Morgan fingerprint density at radius 3 is 2.57 bits per heavy atom. The molecule has 0 bridgehead atoms. The van der Waals surface area contributed by atoms with Gasteiger partial charge in [0.05, 0.1) is 5.60 Å². The first-order valence-corrected chi connectivity index (χ1v) is 14.8. The zero-order valence-corrected chi connectivity index (χ0v) is 23.0. The Morgan fingerprint density at radius 1 is 1.05 bits per heavy atom. The number of aliphatic hydroxyl groups is 1. The molecular formula is C30H46N2O5. The van der Waals surface area contributed by atoms with Crippen LogP contribution in [0, 0.1) is 39.9 Å². The number of cyclic esters (lactones) is 1. The van der Waals surface area contributed by atoms with Crippen LogP contribution in [-0.2, 0) is 14.3 Å². The SMILES string of the molecule is CC1([C@H]2CC[C@]3(O)[C@@H]4CC[C@@H]5C[C@@H](OC(=O)N6CCNCC6)CC[C@]5(C)[C@H]4CC[C@]23C)C=CC(=O)OC1. The average molecular weight is 515 g/mol. The van der Waals surface area contributed by atoms with Crippen molar-refractivity contribution in [3.05, 3.63) is 12.2 Å². The van der Waals surface area contributed by atoms with E-state index in [0.29, 0.717) is 30.3 Å². The number of rotatable bonds is 2. The third-order valence-corrected chi connectivity index (χ3v) is 12.4. The van der Waals surface area contributed by atoms with E-state index < -0.39 is 5.60 Å². The van der Waals surface area contributed by atoms with Crippen LogP contribution in [-0.4, -0.2) is 66.6 Å². The number of piperazine rings is 1. The van der Waals surface area contributed by atoms with E-state index in [0.717, 1.165) is 84.0 Å². The fraction of sp³-hybridized carbons (Fsp3) is 0.867. The molecule has 206 valence electrons. The van der Waals surface area contributed by atoms with Gasteiger partial charge >= 0.3 is 12.1 Å². The zero-order chi connectivity index (χ0) is 26.1. The molecule has 7 heteroatoms. The molecule has 1 saturated heterocycles. The number of nitrogens with one attached hydrogen (secondary N) is 1. The summed E-state index contributed by atoms with van der Waals surface area (Å²) in [6.45, 7) is 10.6. The molecule has 4 aliphatic carbocycles. The van der Waals surface area contributed by atoms with Crippen molar-refractivity contribution in [3.8, 4) is 0 Å². The average Bonchev–Trinajstić information content (AvgIpc) is 3.18. The quantitative estimate of drug-likeness (QED) is 0.535. The molecule has 0 aromatic rings. The molecular weight excluding hydrogens is 468 g/mol. The Labute approximate surface area is 221 Å². The lowest BCUT2D eigenvalue weighted by molar-refractivity contribution is -0.217. The van der Waals surface area contributed by atoms with Crippen molar-refractivity contribution in [1.29, 1.82) is 0 Å². The van der Waals surface area contributed by atoms with Crippen LogP contribution in [0.25, 0.3) is 0 Å². The molecule has 1 amide bonds. The first kappa shape index (κ1) is 25.7. The Morgan fingerprint density at radius 2 is 1.84 bits per heavy atom. The van der Waals surface area contributed by atoms with Gasteiger partial charge < -0.3 is 24.8 Å². The van der Waals surface area contributed by atoms with Gasteiger partial charge in [-0.05, 0) is 86.9 Å². The first-order valence-electron chi connectivity index (χ1n) is 14.8. The highest BCUT2D eigenvalue weighted by Crippen LogP contribution is 2.71. The molecule has 2 aliphatic heterocycles. The maximum atomic E-state index is 12.8. The van der Waals surface area contributed by atoms with Gasteiger partial charge in [0.2, 0.25) is 0 Å². The van der Waals surface area contributed by atoms with Crippen molar-refractivity contribution >= 4 is 12.1 Å². The summed E-state index contributed by atoms with van der Waals surface area (Å²) < 4.78 is 11.5. The van der Waals surface area contributed by atoms with Crippen LogP contribution < -0.4 is 5.32 Å². The van der Waals surface area contributed by atoms with Crippen LogP contribution in [0.2, 0.25) is 0 Å². The normalized spacial score (nSPS) is 49.5. The van der Waals surface area contributed by atoms with Gasteiger partial charge in [0.1, 0.15) is 12.7 Å². The van der Waals surface area contributed by atoms with Gasteiger partial charge in [-0.1, -0.05) is 26.8 Å². The Balaban J connectivity index is 1.17. The topological polar surface area (TPSA) is 88.1 Å². The molecule has 0 aromatic heterocycles. The molecule has 1 unspecified atom stereocenters. The molecule has 0 radical (unpaired) electrons. The lowest BCUT2D eigenvalue weighted by Gasteiger charge is -2.64. The molecule has 2 N–H and O–H groups in total. The monoisotopic (exact) mass is 514 g/mol. The summed E-state index contributed by atoms with van der Waals surface area (Å²) in [7, 11) is 0. The summed E-state index contributed by atoms with van der Waals surface area (Å²) in [5, 5.41) is 15.8. The van der Waals surface area contributed by atoms with E-state index in [1.165, 1.54) is 0 Å². The molecule has 6 rings (SSSR count). The van der Waals surface area contributed by atoms with E-state index in [2.05, 4.69) is 32.2 Å². The van der Waals surface area contributed by atoms with Crippen LogP contribution in [0.15, 0.2) is 12.2 Å². The highest BCUT2D eigenvalue weighted by atomic mass is 16.6. The van der Waals surface area contributed by atoms with Gasteiger partial charge in [-0.2, -0.15) is 0 Å². The summed E-state index contributed by atoms with van der Waals surface area (Å²) in [4.78, 5) is 26.3. The van der Waals surface area contributed by atoms with Crippen molar-refractivity contribution in [1.82, 2.24) is 10.2 Å². The predicted molar refractivity (Wildman–Crippen MR) is 140 cm³/mol. The molecule has 37 heavy (non-hydrogen) atoms. The highest BCUT2D eigenvalue weighted by Gasteiger charge is 2.69. The second kappa shape index (κ2) is 8.97. The summed E-state index contributed by atoms with van der Waals surface area (Å²) in [6.07, 6.45) is 12.7. The van der Waals surface area contributed by atoms with Crippen LogP contribution in [0.4, 0.5) is 4.79 Å². The molecule has 0 spiro atoms. The van der Waals surface area contributed by atoms with Crippen molar-refractivity contribution in [2.75, 3.05) is 32.8 Å². The van der Waals surface area contributed by atoms with E-state index in [1.54, 1.807) is 6.08 Å². The van der Waals surface area contributed by atoms with E-state index in [-0.39, 0.29) is 34.4 Å². The number of hydrogen-bond donors (Lipinski definition) is 2. The van der Waals surface area contributed by atoms with E-state index in [4.69, 9.17) is 9.47 Å². The van der Waals surface area contributed by atoms with E-state index in [9.17, 15) is 14.7 Å². The number of carbonyl (C=O) groups is 2. The molecule has 7 nitrogen and oxygen atoms in total. The summed E-state index contributed by atoms with van der Waals surface area (Å²) >= 11 is 0. The summed E-state index contributed by atoms with van der Waals surface area (Å²) in [6, 6.07) is 0. The molecule has 9 atom stereocenters. The third-order valence-electron chi connectivity index (χ3n) is 12.4. The van der Waals surface area contributed by atoms with Crippen LogP contribution in [0.5, 0.6) is 0 Å². The minimum atomic E-state index is -0.668. The second-order valence-corrected chi connectivity index (χ2v) is 13.9. The van der Waals surface area contributed by atoms with Gasteiger partial charge in [-0.25, -0.2) is 9.59 Å². The number of nitrogens with zero attached hydrogens (tertiary/aromatic N) is 1.